The van der Waals surface area contributed by atoms with E-state index in [1.165, 1.54) is 0 Å². The number of carbonyl (C=O) groups is 1. The summed E-state index contributed by atoms with van der Waals surface area (Å²) >= 11 is 6.16. The first kappa shape index (κ1) is 13.0. The van der Waals surface area contributed by atoms with Crippen LogP contribution in [-0.4, -0.2) is 20.8 Å². The summed E-state index contributed by atoms with van der Waals surface area (Å²) in [5.74, 6) is 1.03. The van der Waals surface area contributed by atoms with E-state index in [1.807, 2.05) is 27.8 Å². The van der Waals surface area contributed by atoms with Crippen LogP contribution in [0, 0.1) is 0 Å². The molecular weight excluding hydrogens is 250 g/mol. The molecule has 4 nitrogen and oxygen atoms in total. The highest BCUT2D eigenvalue weighted by molar-refractivity contribution is 6.34. The van der Waals surface area contributed by atoms with Gasteiger partial charge in [-0.3, -0.25) is 4.79 Å². The van der Waals surface area contributed by atoms with Crippen molar-refractivity contribution < 1.29 is 4.79 Å². The van der Waals surface area contributed by atoms with E-state index in [-0.39, 0.29) is 5.92 Å². The summed E-state index contributed by atoms with van der Waals surface area (Å²) in [6.45, 7) is 6.11. The fourth-order valence-corrected chi connectivity index (χ4v) is 2.25. The summed E-state index contributed by atoms with van der Waals surface area (Å²) < 4.78 is 1.74. The first-order valence-corrected chi connectivity index (χ1v) is 6.38. The molecule has 0 bridgehead atoms. The van der Waals surface area contributed by atoms with Gasteiger partial charge in [0.2, 0.25) is 0 Å². The van der Waals surface area contributed by atoms with Crippen LogP contribution in [0.25, 0.3) is 11.0 Å². The number of nitrogens with zero attached hydrogens (tertiary/aromatic N) is 3. The van der Waals surface area contributed by atoms with E-state index in [4.69, 9.17) is 11.6 Å². The Morgan fingerprint density at radius 1 is 1.39 bits per heavy atom. The Morgan fingerprint density at radius 3 is 2.56 bits per heavy atom. The number of fused-ring (bicyclic) bond motifs is 1. The SMILES string of the molecule is CCc1nc(C(C)C)nc2c1c(C=O)c(Cl)n2C. The predicted molar refractivity (Wildman–Crippen MR) is 72.4 cm³/mol. The maximum Gasteiger partial charge on any atom is 0.153 e. The van der Waals surface area contributed by atoms with Crippen molar-refractivity contribution in [3.05, 3.63) is 22.2 Å². The molecule has 18 heavy (non-hydrogen) atoms. The zero-order chi connectivity index (χ0) is 13.4. The lowest BCUT2D eigenvalue weighted by Gasteiger charge is -2.08. The molecule has 0 amide bonds. The third-order valence-corrected chi connectivity index (χ3v) is 3.51. The van der Waals surface area contributed by atoms with Gasteiger partial charge in [-0.2, -0.15) is 0 Å². The largest absolute Gasteiger partial charge is 0.319 e. The summed E-state index contributed by atoms with van der Waals surface area (Å²) in [7, 11) is 1.81. The molecule has 0 aliphatic heterocycles. The van der Waals surface area contributed by atoms with Crippen molar-refractivity contribution in [3.8, 4) is 0 Å². The Labute approximate surface area is 111 Å². The molecule has 0 N–H and O–H groups in total. The second kappa shape index (κ2) is 4.69. The van der Waals surface area contributed by atoms with Gasteiger partial charge in [-0.1, -0.05) is 32.4 Å². The highest BCUT2D eigenvalue weighted by atomic mass is 35.5. The quantitative estimate of drug-likeness (QED) is 0.801. The van der Waals surface area contributed by atoms with Gasteiger partial charge in [0, 0.05) is 13.0 Å². The fourth-order valence-electron chi connectivity index (χ4n) is 2.03. The molecule has 0 fully saturated rings. The molecule has 0 spiro atoms. The monoisotopic (exact) mass is 265 g/mol. The Kier molecular flexibility index (Phi) is 3.39. The Balaban J connectivity index is 2.92. The maximum atomic E-state index is 11.2. The van der Waals surface area contributed by atoms with Crippen molar-refractivity contribution in [2.24, 2.45) is 7.05 Å². The molecule has 0 atom stereocenters. The summed E-state index contributed by atoms with van der Waals surface area (Å²) in [5, 5.41) is 1.20. The van der Waals surface area contributed by atoms with Gasteiger partial charge in [0.1, 0.15) is 16.6 Å². The van der Waals surface area contributed by atoms with Crippen LogP contribution in [0.3, 0.4) is 0 Å². The number of carbonyl (C=O) groups excluding carboxylic acids is 1. The first-order valence-electron chi connectivity index (χ1n) is 6.01. The lowest BCUT2D eigenvalue weighted by molar-refractivity contribution is 0.112. The molecule has 0 unspecified atom stereocenters. The standard InChI is InChI=1S/C13H16ClN3O/c1-5-9-10-8(6-18)11(14)17(4)13(10)16-12(15-9)7(2)3/h6-7H,5H2,1-4H3. The van der Waals surface area contributed by atoms with E-state index in [2.05, 4.69) is 9.97 Å². The van der Waals surface area contributed by atoms with Crippen molar-refractivity contribution in [2.45, 2.75) is 33.1 Å². The average molecular weight is 266 g/mol. The highest BCUT2D eigenvalue weighted by Gasteiger charge is 2.19. The van der Waals surface area contributed by atoms with Crippen LogP contribution in [0.4, 0.5) is 0 Å². The highest BCUT2D eigenvalue weighted by Crippen LogP contribution is 2.29. The van der Waals surface area contributed by atoms with Crippen LogP contribution in [0.5, 0.6) is 0 Å². The van der Waals surface area contributed by atoms with Crippen LogP contribution in [0.2, 0.25) is 5.15 Å². The minimum absolute atomic E-state index is 0.244. The van der Waals surface area contributed by atoms with E-state index in [1.54, 1.807) is 4.57 Å². The second-order valence-corrected chi connectivity index (χ2v) is 4.97. The van der Waals surface area contributed by atoms with Crippen molar-refractivity contribution in [1.82, 2.24) is 14.5 Å². The Hall–Kier alpha value is -1.42. The Bertz CT molecular complexity index is 616. The number of halogens is 1. The van der Waals surface area contributed by atoms with Gasteiger partial charge < -0.3 is 4.57 Å². The zero-order valence-corrected chi connectivity index (χ0v) is 11.7. The average Bonchev–Trinajstić information content (AvgIpc) is 2.61. The number of hydrogen-bond donors (Lipinski definition) is 0. The molecule has 96 valence electrons. The summed E-state index contributed by atoms with van der Waals surface area (Å²) in [4.78, 5) is 20.2. The van der Waals surface area contributed by atoms with Crippen molar-refractivity contribution in [1.29, 1.82) is 0 Å². The van der Waals surface area contributed by atoms with Crippen molar-refractivity contribution in [2.75, 3.05) is 0 Å². The first-order chi connectivity index (χ1) is 8.51. The van der Waals surface area contributed by atoms with Crippen LogP contribution in [0.15, 0.2) is 0 Å². The lowest BCUT2D eigenvalue weighted by atomic mass is 10.1. The van der Waals surface area contributed by atoms with Crippen molar-refractivity contribution in [3.63, 3.8) is 0 Å². The van der Waals surface area contributed by atoms with Gasteiger partial charge in [0.25, 0.3) is 0 Å². The maximum absolute atomic E-state index is 11.2. The third-order valence-electron chi connectivity index (χ3n) is 3.06. The molecule has 2 heterocycles. The zero-order valence-electron chi connectivity index (χ0n) is 11.0. The van der Waals surface area contributed by atoms with E-state index in [9.17, 15) is 4.79 Å². The molecule has 0 aliphatic rings. The van der Waals surface area contributed by atoms with Gasteiger partial charge in [0.05, 0.1) is 16.6 Å². The molecule has 0 saturated carbocycles. The number of aldehydes is 1. The van der Waals surface area contributed by atoms with E-state index >= 15 is 0 Å². The van der Waals surface area contributed by atoms with Crippen LogP contribution in [0.1, 0.15) is 48.6 Å². The third kappa shape index (κ3) is 1.81. The molecule has 0 aliphatic carbocycles. The summed E-state index contributed by atoms with van der Waals surface area (Å²) in [5.41, 5.74) is 2.10. The summed E-state index contributed by atoms with van der Waals surface area (Å²) in [6.07, 6.45) is 1.53. The minimum atomic E-state index is 0.244. The molecule has 5 heteroatoms. The van der Waals surface area contributed by atoms with Crippen LogP contribution in [-0.2, 0) is 13.5 Å². The molecule has 2 aromatic rings. The molecule has 0 radical (unpaired) electrons. The van der Waals surface area contributed by atoms with E-state index < -0.39 is 0 Å². The number of aromatic nitrogens is 3. The number of rotatable bonds is 3. The molecule has 2 aromatic heterocycles. The van der Waals surface area contributed by atoms with Gasteiger partial charge in [-0.25, -0.2) is 9.97 Å². The van der Waals surface area contributed by atoms with Gasteiger partial charge in [-0.15, -0.1) is 0 Å². The van der Waals surface area contributed by atoms with Crippen LogP contribution >= 0.6 is 11.6 Å². The number of aryl methyl sites for hydroxylation is 2. The summed E-state index contributed by atoms with van der Waals surface area (Å²) in [6, 6.07) is 0. The fraction of sp³-hybridized carbons (Fsp3) is 0.462. The van der Waals surface area contributed by atoms with Gasteiger partial charge in [-0.05, 0) is 6.42 Å². The van der Waals surface area contributed by atoms with Crippen molar-refractivity contribution >= 4 is 28.9 Å². The molecule has 0 aromatic carbocycles. The minimum Gasteiger partial charge on any atom is -0.319 e. The lowest BCUT2D eigenvalue weighted by Crippen LogP contribution is -2.03. The molecule has 2 rings (SSSR count). The second-order valence-electron chi connectivity index (χ2n) is 4.62. The molecule has 0 saturated heterocycles. The van der Waals surface area contributed by atoms with Crippen LogP contribution < -0.4 is 0 Å². The normalized spacial score (nSPS) is 11.4. The Morgan fingerprint density at radius 2 is 2.06 bits per heavy atom. The van der Waals surface area contributed by atoms with E-state index in [0.717, 1.165) is 35.3 Å². The topological polar surface area (TPSA) is 47.8 Å². The van der Waals surface area contributed by atoms with E-state index in [0.29, 0.717) is 10.7 Å². The molecular formula is C13H16ClN3O. The number of hydrogen-bond acceptors (Lipinski definition) is 3. The van der Waals surface area contributed by atoms with Gasteiger partial charge in [0.15, 0.2) is 6.29 Å². The smallest absolute Gasteiger partial charge is 0.153 e. The van der Waals surface area contributed by atoms with Gasteiger partial charge >= 0.3 is 0 Å². The predicted octanol–water partition coefficient (Wildman–Crippen LogP) is 3.12.